The fourth-order valence-electron chi connectivity index (χ4n) is 2.20. The Bertz CT molecular complexity index is 994. The van der Waals surface area contributed by atoms with E-state index in [1.165, 1.54) is 0 Å². The van der Waals surface area contributed by atoms with Gasteiger partial charge in [0.1, 0.15) is 5.58 Å². The van der Waals surface area contributed by atoms with Crippen LogP contribution in [0.4, 0.5) is 0 Å². The van der Waals surface area contributed by atoms with E-state index in [9.17, 15) is 9.59 Å². The van der Waals surface area contributed by atoms with Crippen molar-refractivity contribution < 1.29 is 9.21 Å². The van der Waals surface area contributed by atoms with E-state index < -0.39 is 5.63 Å². The normalized spacial score (nSPS) is 11.5. The molecule has 0 saturated heterocycles. The predicted molar refractivity (Wildman–Crippen MR) is 96.3 cm³/mol. The van der Waals surface area contributed by atoms with Gasteiger partial charge in [0.2, 0.25) is 0 Å². The zero-order valence-electron chi connectivity index (χ0n) is 12.7. The molecule has 120 valence electrons. The number of rotatable bonds is 3. The van der Waals surface area contributed by atoms with Gasteiger partial charge < -0.3 is 4.42 Å². The molecule has 3 aromatic rings. The molecule has 0 unspecified atom stereocenters. The largest absolute Gasteiger partial charge is 0.422 e. The van der Waals surface area contributed by atoms with Crippen LogP contribution in [0.15, 0.2) is 73.4 Å². The average molecular weight is 385 g/mol. The number of hydrogen-bond acceptors (Lipinski definition) is 4. The van der Waals surface area contributed by atoms with Gasteiger partial charge in [-0.15, -0.1) is 0 Å². The molecule has 0 aliphatic carbocycles. The third-order valence-corrected chi connectivity index (χ3v) is 3.94. The van der Waals surface area contributed by atoms with Crippen LogP contribution < -0.4 is 11.1 Å². The van der Waals surface area contributed by atoms with E-state index in [1.54, 1.807) is 49.4 Å². The molecular formula is C18H13BrN2O3. The lowest BCUT2D eigenvalue weighted by Gasteiger charge is -2.04. The quantitative estimate of drug-likeness (QED) is 0.425. The van der Waals surface area contributed by atoms with Crippen molar-refractivity contribution in [3.8, 4) is 0 Å². The number of hydrogen-bond donors (Lipinski definition) is 1. The number of amides is 1. The third-order valence-electron chi connectivity index (χ3n) is 3.45. The second-order valence-corrected chi connectivity index (χ2v) is 6.05. The summed E-state index contributed by atoms with van der Waals surface area (Å²) in [6.45, 7) is 1.64. The summed E-state index contributed by atoms with van der Waals surface area (Å²) in [6, 6.07) is 15.8. The SMILES string of the molecule is C/C(=N/NC(=O)c1ccccc1)c1cc2cc(Br)ccc2oc1=O. The third kappa shape index (κ3) is 3.44. The summed E-state index contributed by atoms with van der Waals surface area (Å²) < 4.78 is 6.17. The Morgan fingerprint density at radius 1 is 1.12 bits per heavy atom. The van der Waals surface area contributed by atoms with Crippen molar-refractivity contribution >= 4 is 38.5 Å². The van der Waals surface area contributed by atoms with Gasteiger partial charge in [0.05, 0.1) is 11.3 Å². The van der Waals surface area contributed by atoms with Crippen LogP contribution in [0.25, 0.3) is 11.0 Å². The van der Waals surface area contributed by atoms with Crippen molar-refractivity contribution in [3.05, 3.63) is 80.6 Å². The van der Waals surface area contributed by atoms with Crippen LogP contribution in [0, 0.1) is 0 Å². The minimum Gasteiger partial charge on any atom is -0.422 e. The monoisotopic (exact) mass is 384 g/mol. The van der Waals surface area contributed by atoms with Gasteiger partial charge >= 0.3 is 5.63 Å². The van der Waals surface area contributed by atoms with Crippen molar-refractivity contribution in [2.24, 2.45) is 5.10 Å². The molecule has 1 amide bonds. The highest BCUT2D eigenvalue weighted by Gasteiger charge is 2.10. The smallest absolute Gasteiger partial charge is 0.345 e. The lowest BCUT2D eigenvalue weighted by molar-refractivity contribution is 0.0955. The summed E-state index contributed by atoms with van der Waals surface area (Å²) in [7, 11) is 0. The first kappa shape index (κ1) is 16.1. The van der Waals surface area contributed by atoms with Crippen LogP contribution in [0.1, 0.15) is 22.8 Å². The molecular weight excluding hydrogens is 372 g/mol. The lowest BCUT2D eigenvalue weighted by Crippen LogP contribution is -2.21. The number of benzene rings is 2. The van der Waals surface area contributed by atoms with E-state index in [2.05, 4.69) is 26.5 Å². The van der Waals surface area contributed by atoms with Gasteiger partial charge in [0, 0.05) is 15.4 Å². The van der Waals surface area contributed by atoms with Gasteiger partial charge in [-0.25, -0.2) is 10.2 Å². The fraction of sp³-hybridized carbons (Fsp3) is 0.0556. The molecule has 0 saturated carbocycles. The minimum absolute atomic E-state index is 0.300. The Balaban J connectivity index is 1.90. The number of fused-ring (bicyclic) bond motifs is 1. The predicted octanol–water partition coefficient (Wildman–Crippen LogP) is 3.71. The second kappa shape index (κ2) is 6.80. The van der Waals surface area contributed by atoms with Gasteiger partial charge in [-0.2, -0.15) is 5.10 Å². The van der Waals surface area contributed by atoms with Gasteiger partial charge in [-0.1, -0.05) is 34.1 Å². The Hall–Kier alpha value is -2.73. The summed E-state index contributed by atoms with van der Waals surface area (Å²) in [5.41, 5.74) is 3.60. The molecule has 5 nitrogen and oxygen atoms in total. The van der Waals surface area contributed by atoms with Crippen LogP contribution in [-0.2, 0) is 0 Å². The maximum Gasteiger partial charge on any atom is 0.345 e. The maximum atomic E-state index is 12.1. The van der Waals surface area contributed by atoms with Crippen molar-refractivity contribution in [3.63, 3.8) is 0 Å². The van der Waals surface area contributed by atoms with Gasteiger partial charge in [0.25, 0.3) is 5.91 Å². The highest BCUT2D eigenvalue weighted by molar-refractivity contribution is 9.10. The fourth-order valence-corrected chi connectivity index (χ4v) is 2.57. The first-order valence-electron chi connectivity index (χ1n) is 7.18. The molecule has 0 aliphatic heterocycles. The molecule has 0 aliphatic rings. The van der Waals surface area contributed by atoms with Crippen LogP contribution >= 0.6 is 15.9 Å². The van der Waals surface area contributed by atoms with Crippen LogP contribution in [0.5, 0.6) is 0 Å². The Morgan fingerprint density at radius 2 is 1.88 bits per heavy atom. The molecule has 0 bridgehead atoms. The summed E-state index contributed by atoms with van der Waals surface area (Å²) in [4.78, 5) is 24.1. The topological polar surface area (TPSA) is 71.7 Å². The summed E-state index contributed by atoms with van der Waals surface area (Å²) >= 11 is 3.38. The number of nitrogens with zero attached hydrogens (tertiary/aromatic N) is 1. The van der Waals surface area contributed by atoms with Gasteiger partial charge in [-0.05, 0) is 43.3 Å². The van der Waals surface area contributed by atoms with E-state index in [0.29, 0.717) is 22.4 Å². The number of nitrogens with one attached hydrogen (secondary N) is 1. The first-order valence-corrected chi connectivity index (χ1v) is 7.97. The lowest BCUT2D eigenvalue weighted by atomic mass is 10.1. The molecule has 1 aromatic heterocycles. The standard InChI is InChI=1S/C18H13BrN2O3/c1-11(20-21-17(22)12-5-3-2-4-6-12)15-10-13-9-14(19)7-8-16(13)24-18(15)23/h2-10H,1H3,(H,21,22)/b20-11-. The molecule has 2 aromatic carbocycles. The molecule has 3 rings (SSSR count). The summed E-state index contributed by atoms with van der Waals surface area (Å²) in [6.07, 6.45) is 0. The Labute approximate surface area is 146 Å². The molecule has 1 heterocycles. The van der Waals surface area contributed by atoms with Crippen molar-refractivity contribution in [1.29, 1.82) is 0 Å². The van der Waals surface area contributed by atoms with Gasteiger partial charge in [-0.3, -0.25) is 4.79 Å². The molecule has 0 atom stereocenters. The Morgan fingerprint density at radius 3 is 2.62 bits per heavy atom. The van der Waals surface area contributed by atoms with E-state index in [0.717, 1.165) is 9.86 Å². The van der Waals surface area contributed by atoms with E-state index in [1.807, 2.05) is 12.1 Å². The Kier molecular flexibility index (Phi) is 4.57. The summed E-state index contributed by atoms with van der Waals surface area (Å²) in [5, 5.41) is 4.77. The van der Waals surface area contributed by atoms with Crippen LogP contribution in [0.2, 0.25) is 0 Å². The van der Waals surface area contributed by atoms with Crippen molar-refractivity contribution in [2.75, 3.05) is 0 Å². The highest BCUT2D eigenvalue weighted by Crippen LogP contribution is 2.19. The van der Waals surface area contributed by atoms with Crippen molar-refractivity contribution in [2.45, 2.75) is 6.92 Å². The number of halogens is 1. The second-order valence-electron chi connectivity index (χ2n) is 5.13. The van der Waals surface area contributed by atoms with Gasteiger partial charge in [0.15, 0.2) is 0 Å². The molecule has 24 heavy (non-hydrogen) atoms. The number of carbonyl (C=O) groups is 1. The van der Waals surface area contributed by atoms with Crippen LogP contribution in [-0.4, -0.2) is 11.6 Å². The number of carbonyl (C=O) groups excluding carboxylic acids is 1. The molecule has 0 spiro atoms. The maximum absolute atomic E-state index is 12.1. The van der Waals surface area contributed by atoms with E-state index >= 15 is 0 Å². The zero-order valence-corrected chi connectivity index (χ0v) is 14.3. The molecule has 6 heteroatoms. The summed E-state index contributed by atoms with van der Waals surface area (Å²) in [5.74, 6) is -0.345. The first-order chi connectivity index (χ1) is 11.5. The molecule has 0 radical (unpaired) electrons. The zero-order chi connectivity index (χ0) is 17.1. The molecule has 1 N–H and O–H groups in total. The molecule has 0 fully saturated rings. The minimum atomic E-state index is -0.500. The van der Waals surface area contributed by atoms with E-state index in [-0.39, 0.29) is 5.91 Å². The van der Waals surface area contributed by atoms with E-state index in [4.69, 9.17) is 4.42 Å². The van der Waals surface area contributed by atoms with Crippen LogP contribution in [0.3, 0.4) is 0 Å². The highest BCUT2D eigenvalue weighted by atomic mass is 79.9. The van der Waals surface area contributed by atoms with Crippen molar-refractivity contribution in [1.82, 2.24) is 5.43 Å². The average Bonchev–Trinajstić information content (AvgIpc) is 2.60. The number of hydrazone groups is 1.